The maximum atomic E-state index is 14.7. The van der Waals surface area contributed by atoms with E-state index in [1.165, 1.54) is 6.08 Å². The molecular weight excluding hydrogens is 309 g/mol. The first-order valence-corrected chi connectivity index (χ1v) is 8.32. The molecule has 1 N–H and O–H groups in total. The molecule has 7 heteroatoms. The predicted molar refractivity (Wildman–Crippen MR) is 81.4 cm³/mol. The first-order valence-electron chi connectivity index (χ1n) is 6.47. The molecule has 0 heterocycles. The van der Waals surface area contributed by atoms with E-state index in [0.29, 0.717) is 9.88 Å². The molecule has 1 aromatic rings. The summed E-state index contributed by atoms with van der Waals surface area (Å²) in [6, 6.07) is 8.88. The number of benzene rings is 1. The quantitative estimate of drug-likeness (QED) is 0.914. The molecule has 1 aromatic carbocycles. The molecule has 5 nitrogen and oxygen atoms in total. The van der Waals surface area contributed by atoms with Crippen LogP contribution in [-0.4, -0.2) is 48.8 Å². The molecule has 2 atom stereocenters. The first kappa shape index (κ1) is 16.4. The van der Waals surface area contributed by atoms with Gasteiger partial charge in [-0.05, 0) is 23.3 Å². The number of rotatable bonds is 4. The van der Waals surface area contributed by atoms with Crippen LogP contribution >= 0.6 is 0 Å². The van der Waals surface area contributed by atoms with E-state index >= 15 is 0 Å². The summed E-state index contributed by atoms with van der Waals surface area (Å²) in [6.07, 6.45) is 2.48. The Hall–Kier alpha value is -1.99. The number of aliphatic carboxylic acids is 1. The van der Waals surface area contributed by atoms with Crippen molar-refractivity contribution in [2.24, 2.45) is 0 Å². The van der Waals surface area contributed by atoms with Crippen molar-refractivity contribution in [3.05, 3.63) is 54.1 Å². The third-order valence-electron chi connectivity index (χ3n) is 3.73. The van der Waals surface area contributed by atoms with Crippen molar-refractivity contribution in [2.45, 2.75) is 11.7 Å². The molecule has 0 spiro atoms. The van der Waals surface area contributed by atoms with Crippen LogP contribution in [0.5, 0.6) is 0 Å². The minimum absolute atomic E-state index is 0.506. The number of halogens is 1. The predicted octanol–water partition coefficient (Wildman–Crippen LogP) is 1.69. The molecular formula is C15H16FNO4S. The fourth-order valence-corrected chi connectivity index (χ4v) is 3.14. The Kier molecular flexibility index (Phi) is 4.21. The van der Waals surface area contributed by atoms with Gasteiger partial charge in [-0.3, -0.25) is 0 Å². The number of carbonyl (C=O) groups is 1. The number of carboxylic acids is 1. The molecule has 0 radical (unpaired) electrons. The first-order chi connectivity index (χ1) is 10.2. The summed E-state index contributed by atoms with van der Waals surface area (Å²) in [5.41, 5.74) is -1.04. The Balaban J connectivity index is 2.49. The van der Waals surface area contributed by atoms with Crippen LogP contribution in [0, 0.1) is 0 Å². The topological polar surface area (TPSA) is 74.7 Å². The normalized spacial score (nSPS) is 25.1. The summed E-state index contributed by atoms with van der Waals surface area (Å²) in [5.74, 6) is -1.56. The maximum Gasteiger partial charge on any atom is 0.332 e. The smallest absolute Gasteiger partial charge is 0.332 e. The van der Waals surface area contributed by atoms with Gasteiger partial charge in [-0.25, -0.2) is 17.6 Å². The van der Waals surface area contributed by atoms with E-state index < -0.39 is 27.7 Å². The van der Waals surface area contributed by atoms with Crippen LogP contribution in [-0.2, 0) is 14.8 Å². The summed E-state index contributed by atoms with van der Waals surface area (Å²) >= 11 is 0. The van der Waals surface area contributed by atoms with Gasteiger partial charge in [-0.2, -0.15) is 4.31 Å². The maximum absolute atomic E-state index is 14.7. The zero-order chi connectivity index (χ0) is 16.5. The van der Waals surface area contributed by atoms with Gasteiger partial charge in [0.2, 0.25) is 10.0 Å². The van der Waals surface area contributed by atoms with E-state index in [-0.39, 0.29) is 0 Å². The van der Waals surface area contributed by atoms with Gasteiger partial charge in [0.05, 0.1) is 6.26 Å². The monoisotopic (exact) mass is 325 g/mol. The molecule has 118 valence electrons. The van der Waals surface area contributed by atoms with Crippen molar-refractivity contribution in [1.29, 1.82) is 0 Å². The average molecular weight is 325 g/mol. The second-order valence-electron chi connectivity index (χ2n) is 5.08. The second-order valence-corrected chi connectivity index (χ2v) is 7.10. The second kappa shape index (κ2) is 5.66. The molecule has 0 aliphatic heterocycles. The lowest BCUT2D eigenvalue weighted by Gasteiger charge is -2.37. The average Bonchev–Trinajstić information content (AvgIpc) is 2.46. The van der Waals surface area contributed by atoms with Crippen molar-refractivity contribution in [1.82, 2.24) is 4.31 Å². The van der Waals surface area contributed by atoms with Gasteiger partial charge in [-0.15, -0.1) is 0 Å². The lowest BCUT2D eigenvalue weighted by Crippen LogP contribution is -2.59. The van der Waals surface area contributed by atoms with Gasteiger partial charge in [-0.1, -0.05) is 36.4 Å². The minimum atomic E-state index is -3.89. The molecule has 0 saturated carbocycles. The molecule has 1 aliphatic rings. The number of hydrogen-bond acceptors (Lipinski definition) is 3. The summed E-state index contributed by atoms with van der Waals surface area (Å²) in [4.78, 5) is 11.6. The zero-order valence-electron chi connectivity index (χ0n) is 12.1. The molecule has 0 aromatic heterocycles. The van der Waals surface area contributed by atoms with Gasteiger partial charge >= 0.3 is 5.97 Å². The lowest BCUT2D eigenvalue weighted by molar-refractivity contribution is -0.147. The van der Waals surface area contributed by atoms with E-state index in [2.05, 4.69) is 0 Å². The summed E-state index contributed by atoms with van der Waals surface area (Å²) < 4.78 is 38.6. The fourth-order valence-electron chi connectivity index (χ4n) is 2.35. The highest BCUT2D eigenvalue weighted by Crippen LogP contribution is 2.34. The molecule has 2 unspecified atom stereocenters. The largest absolute Gasteiger partial charge is 0.480 e. The third-order valence-corrected chi connectivity index (χ3v) is 5.03. The number of carboxylic acid groups (broad SMARTS) is 1. The third kappa shape index (κ3) is 2.69. The van der Waals surface area contributed by atoms with Gasteiger partial charge in [0.15, 0.2) is 11.7 Å². The lowest BCUT2D eigenvalue weighted by atomic mass is 9.85. The van der Waals surface area contributed by atoms with Crippen LogP contribution < -0.4 is 0 Å². The number of likely N-dealkylation sites (N-methyl/N-ethyl adjacent to an activating group) is 1. The van der Waals surface area contributed by atoms with Gasteiger partial charge in [0, 0.05) is 7.05 Å². The zero-order valence-corrected chi connectivity index (χ0v) is 12.9. The Morgan fingerprint density at radius 3 is 2.36 bits per heavy atom. The highest BCUT2D eigenvalue weighted by molar-refractivity contribution is 7.88. The molecule has 1 aliphatic carbocycles. The van der Waals surface area contributed by atoms with E-state index in [0.717, 1.165) is 31.0 Å². The van der Waals surface area contributed by atoms with E-state index in [4.69, 9.17) is 0 Å². The van der Waals surface area contributed by atoms with E-state index in [1.54, 1.807) is 24.3 Å². The van der Waals surface area contributed by atoms with Gasteiger partial charge < -0.3 is 5.11 Å². The molecule has 0 saturated heterocycles. The van der Waals surface area contributed by atoms with Crippen LogP contribution in [0.3, 0.4) is 0 Å². The SMILES string of the molecule is CN(C1(C(=O)O)C=CC(c2ccccc2)=CC1F)S(C)(=O)=O. The van der Waals surface area contributed by atoms with Crippen molar-refractivity contribution in [2.75, 3.05) is 13.3 Å². The molecule has 2 rings (SSSR count). The molecule has 0 bridgehead atoms. The van der Waals surface area contributed by atoms with Crippen LogP contribution in [0.25, 0.3) is 5.57 Å². The number of hydrogen-bond donors (Lipinski definition) is 1. The fraction of sp³-hybridized carbons (Fsp3) is 0.267. The van der Waals surface area contributed by atoms with Crippen molar-refractivity contribution >= 4 is 21.6 Å². The number of alkyl halides is 1. The standard InChI is InChI=1S/C15H16FNO4S/c1-17(22(2,20)21)15(14(18)19)9-8-12(10-13(15)16)11-6-4-3-5-7-11/h3-10,13H,1-2H3,(H,18,19). The Morgan fingerprint density at radius 1 is 1.32 bits per heavy atom. The van der Waals surface area contributed by atoms with Crippen LogP contribution in [0.15, 0.2) is 48.6 Å². The van der Waals surface area contributed by atoms with Crippen LogP contribution in [0.1, 0.15) is 5.56 Å². The van der Waals surface area contributed by atoms with E-state index in [1.807, 2.05) is 6.07 Å². The van der Waals surface area contributed by atoms with Gasteiger partial charge in [0.25, 0.3) is 0 Å². The van der Waals surface area contributed by atoms with Crippen LogP contribution in [0.2, 0.25) is 0 Å². The highest BCUT2D eigenvalue weighted by atomic mass is 32.2. The van der Waals surface area contributed by atoms with E-state index in [9.17, 15) is 22.7 Å². The summed E-state index contributed by atoms with van der Waals surface area (Å²) in [5, 5.41) is 9.42. The Bertz CT molecular complexity index is 742. The number of allylic oxidation sites excluding steroid dienone is 2. The van der Waals surface area contributed by atoms with Crippen molar-refractivity contribution in [3.8, 4) is 0 Å². The Labute approximate surface area is 128 Å². The summed E-state index contributed by atoms with van der Waals surface area (Å²) in [6.45, 7) is 0. The minimum Gasteiger partial charge on any atom is -0.480 e. The Morgan fingerprint density at radius 2 is 1.91 bits per heavy atom. The number of nitrogens with zero attached hydrogens (tertiary/aromatic N) is 1. The summed E-state index contributed by atoms with van der Waals surface area (Å²) in [7, 11) is -2.83. The van der Waals surface area contributed by atoms with Gasteiger partial charge in [0.1, 0.15) is 0 Å². The molecule has 0 fully saturated rings. The van der Waals surface area contributed by atoms with Crippen molar-refractivity contribution < 1.29 is 22.7 Å². The molecule has 0 amide bonds. The van der Waals surface area contributed by atoms with Crippen LogP contribution in [0.4, 0.5) is 4.39 Å². The molecule has 22 heavy (non-hydrogen) atoms. The van der Waals surface area contributed by atoms with Crippen molar-refractivity contribution in [3.63, 3.8) is 0 Å². The highest BCUT2D eigenvalue weighted by Gasteiger charge is 2.52. The number of sulfonamides is 1.